The maximum Gasteiger partial charge on any atom is 0.197 e. The number of aromatic nitrogens is 2. The van der Waals surface area contributed by atoms with Crippen LogP contribution >= 0.6 is 0 Å². The molecule has 0 aliphatic carbocycles. The van der Waals surface area contributed by atoms with Crippen molar-refractivity contribution < 1.29 is 4.74 Å². The van der Waals surface area contributed by atoms with Crippen LogP contribution in [0.5, 0.6) is 5.75 Å². The molecule has 11 heavy (non-hydrogen) atoms. The van der Waals surface area contributed by atoms with Crippen molar-refractivity contribution in [1.82, 2.24) is 9.97 Å². The van der Waals surface area contributed by atoms with E-state index in [4.69, 9.17) is 4.74 Å². The highest BCUT2D eigenvalue weighted by Crippen LogP contribution is 2.13. The van der Waals surface area contributed by atoms with Gasteiger partial charge in [-0.25, -0.2) is 9.97 Å². The van der Waals surface area contributed by atoms with Gasteiger partial charge in [0.1, 0.15) is 5.60 Å². The molecule has 0 unspecified atom stereocenters. The van der Waals surface area contributed by atoms with Gasteiger partial charge in [-0.1, -0.05) is 0 Å². The van der Waals surface area contributed by atoms with Crippen LogP contribution in [0.2, 0.25) is 0 Å². The van der Waals surface area contributed by atoms with E-state index in [1.165, 1.54) is 0 Å². The van der Waals surface area contributed by atoms with Gasteiger partial charge in [-0.05, 0) is 20.8 Å². The van der Waals surface area contributed by atoms with Gasteiger partial charge >= 0.3 is 0 Å². The van der Waals surface area contributed by atoms with Gasteiger partial charge < -0.3 is 4.74 Å². The normalized spacial score (nSPS) is 11.2. The molecule has 0 saturated heterocycles. The van der Waals surface area contributed by atoms with E-state index < -0.39 is 0 Å². The lowest BCUT2D eigenvalue weighted by molar-refractivity contribution is 0.129. The van der Waals surface area contributed by atoms with Gasteiger partial charge in [-0.2, -0.15) is 0 Å². The molecule has 0 saturated carbocycles. The van der Waals surface area contributed by atoms with Gasteiger partial charge in [-0.3, -0.25) is 0 Å². The highest BCUT2D eigenvalue weighted by atomic mass is 16.5. The van der Waals surface area contributed by atoms with Crippen LogP contribution in [0.4, 0.5) is 0 Å². The second-order valence-corrected chi connectivity index (χ2v) is 3.23. The first-order valence-electron chi connectivity index (χ1n) is 3.45. The Hall–Kier alpha value is -1.12. The van der Waals surface area contributed by atoms with Crippen LogP contribution in [0.3, 0.4) is 0 Å². The molecule has 1 aromatic heterocycles. The third-order valence-corrected chi connectivity index (χ3v) is 0.923. The molecule has 1 aromatic rings. The molecular formula is C8H11N2O. The molecule has 0 spiro atoms. The number of nitrogens with zero attached hydrogens (tertiary/aromatic N) is 2. The van der Waals surface area contributed by atoms with Gasteiger partial charge in [0.2, 0.25) is 0 Å². The quantitative estimate of drug-likeness (QED) is 0.609. The zero-order chi connectivity index (χ0) is 8.32. The maximum absolute atomic E-state index is 5.46. The van der Waals surface area contributed by atoms with Crippen molar-refractivity contribution in [2.75, 3.05) is 0 Å². The molecule has 0 atom stereocenters. The minimum absolute atomic E-state index is 0.190. The molecule has 0 amide bonds. The average Bonchev–Trinajstić information content (AvgIpc) is 1.85. The number of hydrogen-bond donors (Lipinski definition) is 0. The molecule has 59 valence electrons. The fraction of sp³-hybridized carbons (Fsp3) is 0.500. The summed E-state index contributed by atoms with van der Waals surface area (Å²) >= 11 is 0. The minimum Gasteiger partial charge on any atom is -0.485 e. The van der Waals surface area contributed by atoms with E-state index in [2.05, 4.69) is 16.3 Å². The summed E-state index contributed by atoms with van der Waals surface area (Å²) in [5.41, 5.74) is -0.190. The van der Waals surface area contributed by atoms with Crippen LogP contribution in [-0.2, 0) is 0 Å². The molecule has 0 aliphatic heterocycles. The SMILES string of the molecule is CC(C)(C)Oc1cn[c]nc1. The summed E-state index contributed by atoms with van der Waals surface area (Å²) in [6.07, 6.45) is 5.63. The first-order chi connectivity index (χ1) is 5.08. The van der Waals surface area contributed by atoms with Gasteiger partial charge in [0, 0.05) is 0 Å². The monoisotopic (exact) mass is 151 g/mol. The summed E-state index contributed by atoms with van der Waals surface area (Å²) in [4.78, 5) is 7.42. The van der Waals surface area contributed by atoms with Gasteiger partial charge in [-0.15, -0.1) is 0 Å². The first kappa shape index (κ1) is 7.98. The standard InChI is InChI=1S/C8H11N2O/c1-8(2,3)11-7-4-9-6-10-5-7/h4-5H,1-3H3. The Morgan fingerprint density at radius 3 is 2.27 bits per heavy atom. The molecule has 0 aromatic carbocycles. The van der Waals surface area contributed by atoms with Crippen molar-refractivity contribution in [3.05, 3.63) is 18.7 Å². The summed E-state index contributed by atoms with van der Waals surface area (Å²) in [5.74, 6) is 0.677. The fourth-order valence-corrected chi connectivity index (χ4v) is 0.658. The lowest BCUT2D eigenvalue weighted by atomic mass is 10.2. The topological polar surface area (TPSA) is 35.0 Å². The molecule has 0 fully saturated rings. The fourth-order valence-electron chi connectivity index (χ4n) is 0.658. The Balaban J connectivity index is 2.66. The van der Waals surface area contributed by atoms with Gasteiger partial charge in [0.15, 0.2) is 12.1 Å². The summed E-state index contributed by atoms with van der Waals surface area (Å²) in [7, 11) is 0. The Morgan fingerprint density at radius 2 is 1.82 bits per heavy atom. The molecule has 1 radical (unpaired) electrons. The van der Waals surface area contributed by atoms with Crippen molar-refractivity contribution >= 4 is 0 Å². The Kier molecular flexibility index (Phi) is 2.08. The number of hydrogen-bond acceptors (Lipinski definition) is 3. The number of ether oxygens (including phenoxy) is 1. The van der Waals surface area contributed by atoms with Crippen LogP contribution < -0.4 is 4.74 Å². The lowest BCUT2D eigenvalue weighted by Gasteiger charge is -2.20. The van der Waals surface area contributed by atoms with E-state index in [0.29, 0.717) is 5.75 Å². The van der Waals surface area contributed by atoms with E-state index in [0.717, 1.165) is 0 Å². The van der Waals surface area contributed by atoms with Crippen molar-refractivity contribution in [2.24, 2.45) is 0 Å². The average molecular weight is 151 g/mol. The largest absolute Gasteiger partial charge is 0.485 e. The lowest BCUT2D eigenvalue weighted by Crippen LogP contribution is -2.23. The van der Waals surface area contributed by atoms with Gasteiger partial charge in [0.25, 0.3) is 0 Å². The summed E-state index contributed by atoms with van der Waals surface area (Å²) in [6, 6.07) is 0. The molecule has 1 heterocycles. The van der Waals surface area contributed by atoms with Crippen molar-refractivity contribution in [3.8, 4) is 5.75 Å². The third kappa shape index (κ3) is 2.98. The number of rotatable bonds is 1. The van der Waals surface area contributed by atoms with Crippen LogP contribution in [0.1, 0.15) is 20.8 Å². The maximum atomic E-state index is 5.46. The summed E-state index contributed by atoms with van der Waals surface area (Å²) in [5, 5.41) is 0. The van der Waals surface area contributed by atoms with E-state index >= 15 is 0 Å². The smallest absolute Gasteiger partial charge is 0.197 e. The van der Waals surface area contributed by atoms with Crippen molar-refractivity contribution in [2.45, 2.75) is 26.4 Å². The molecular weight excluding hydrogens is 140 g/mol. The molecule has 0 bridgehead atoms. The first-order valence-corrected chi connectivity index (χ1v) is 3.45. The zero-order valence-corrected chi connectivity index (χ0v) is 6.96. The molecule has 0 aliphatic rings. The van der Waals surface area contributed by atoms with E-state index in [9.17, 15) is 0 Å². The van der Waals surface area contributed by atoms with Gasteiger partial charge in [0.05, 0.1) is 12.4 Å². The highest BCUT2D eigenvalue weighted by Gasteiger charge is 2.11. The predicted octanol–water partition coefficient (Wildman–Crippen LogP) is 1.45. The van der Waals surface area contributed by atoms with E-state index in [-0.39, 0.29) is 5.60 Å². The van der Waals surface area contributed by atoms with Crippen LogP contribution in [0.25, 0.3) is 0 Å². The minimum atomic E-state index is -0.190. The van der Waals surface area contributed by atoms with Crippen LogP contribution in [0.15, 0.2) is 12.4 Å². The predicted molar refractivity (Wildman–Crippen MR) is 41.2 cm³/mol. The zero-order valence-electron chi connectivity index (χ0n) is 6.96. The Labute approximate surface area is 66.4 Å². The van der Waals surface area contributed by atoms with E-state index in [1.807, 2.05) is 20.8 Å². The third-order valence-electron chi connectivity index (χ3n) is 0.923. The summed E-state index contributed by atoms with van der Waals surface area (Å²) in [6.45, 7) is 5.93. The summed E-state index contributed by atoms with van der Waals surface area (Å²) < 4.78 is 5.46. The van der Waals surface area contributed by atoms with Crippen LogP contribution in [-0.4, -0.2) is 15.6 Å². The molecule has 0 N–H and O–H groups in total. The van der Waals surface area contributed by atoms with Crippen molar-refractivity contribution in [1.29, 1.82) is 0 Å². The molecule has 3 nitrogen and oxygen atoms in total. The molecule has 1 rings (SSSR count). The van der Waals surface area contributed by atoms with Crippen LogP contribution in [0, 0.1) is 6.33 Å². The molecule has 3 heteroatoms. The van der Waals surface area contributed by atoms with Crippen molar-refractivity contribution in [3.63, 3.8) is 0 Å². The second kappa shape index (κ2) is 2.86. The Morgan fingerprint density at radius 1 is 1.27 bits per heavy atom. The van der Waals surface area contributed by atoms with E-state index in [1.54, 1.807) is 12.4 Å². The highest BCUT2D eigenvalue weighted by molar-refractivity contribution is 5.10. The Bertz CT molecular complexity index is 215. The second-order valence-electron chi connectivity index (χ2n) is 3.23.